The summed E-state index contributed by atoms with van der Waals surface area (Å²) in [6, 6.07) is 0. The van der Waals surface area contributed by atoms with E-state index in [9.17, 15) is 9.59 Å². The van der Waals surface area contributed by atoms with Gasteiger partial charge in [-0.25, -0.2) is 0 Å². The molecule has 0 amide bonds. The Morgan fingerprint density at radius 1 is 1.38 bits per heavy atom. The molecular weight excluding hydrogens is 192 g/mol. The highest BCUT2D eigenvalue weighted by Crippen LogP contribution is 1.96. The largest absolute Gasteiger partial charge is 0.461 e. The lowest BCUT2D eigenvalue weighted by molar-refractivity contribution is -0.144. The zero-order chi connectivity index (χ0) is 10.3. The van der Waals surface area contributed by atoms with E-state index in [0.717, 1.165) is 5.57 Å². The smallest absolute Gasteiger partial charge is 0.313 e. The van der Waals surface area contributed by atoms with Gasteiger partial charge in [-0.2, -0.15) is 0 Å². The SMILES string of the molecule is CC(=O)CC(=O)OCC=C(C)CCl. The molecule has 0 heterocycles. The molecule has 0 saturated carbocycles. The maximum Gasteiger partial charge on any atom is 0.313 e. The lowest BCUT2D eigenvalue weighted by Crippen LogP contribution is -2.08. The number of alkyl halides is 1. The average molecular weight is 205 g/mol. The zero-order valence-corrected chi connectivity index (χ0v) is 8.56. The molecule has 0 aliphatic carbocycles. The summed E-state index contributed by atoms with van der Waals surface area (Å²) >= 11 is 5.49. The van der Waals surface area contributed by atoms with Crippen molar-refractivity contribution in [3.8, 4) is 0 Å². The fraction of sp³-hybridized carbons (Fsp3) is 0.556. The fourth-order valence-corrected chi connectivity index (χ4v) is 0.695. The predicted molar refractivity (Wildman–Crippen MR) is 50.7 cm³/mol. The van der Waals surface area contributed by atoms with Gasteiger partial charge >= 0.3 is 5.97 Å². The van der Waals surface area contributed by atoms with Crippen LogP contribution in [0.15, 0.2) is 11.6 Å². The molecule has 0 N–H and O–H groups in total. The van der Waals surface area contributed by atoms with Gasteiger partial charge in [-0.1, -0.05) is 5.57 Å². The monoisotopic (exact) mass is 204 g/mol. The Kier molecular flexibility index (Phi) is 6.24. The van der Waals surface area contributed by atoms with Crippen LogP contribution in [0.3, 0.4) is 0 Å². The molecule has 0 aromatic heterocycles. The number of carbonyl (C=O) groups excluding carboxylic acids is 2. The summed E-state index contributed by atoms with van der Waals surface area (Å²) in [4.78, 5) is 21.3. The normalized spacial score (nSPS) is 11.2. The van der Waals surface area contributed by atoms with Gasteiger partial charge in [-0.15, -0.1) is 11.6 Å². The zero-order valence-electron chi connectivity index (χ0n) is 7.80. The first-order valence-corrected chi connectivity index (χ1v) is 4.46. The molecule has 0 saturated heterocycles. The third-order valence-electron chi connectivity index (χ3n) is 1.28. The van der Waals surface area contributed by atoms with E-state index in [1.807, 2.05) is 6.92 Å². The molecule has 13 heavy (non-hydrogen) atoms. The van der Waals surface area contributed by atoms with Crippen molar-refractivity contribution >= 4 is 23.4 Å². The quantitative estimate of drug-likeness (QED) is 0.296. The van der Waals surface area contributed by atoms with Crippen molar-refractivity contribution in [1.82, 2.24) is 0 Å². The number of ketones is 1. The van der Waals surface area contributed by atoms with Crippen LogP contribution in [0.1, 0.15) is 20.3 Å². The van der Waals surface area contributed by atoms with Crippen molar-refractivity contribution in [2.45, 2.75) is 20.3 Å². The molecular formula is C9H13ClO3. The number of halogens is 1. The molecule has 0 unspecified atom stereocenters. The summed E-state index contributed by atoms with van der Waals surface area (Å²) in [5.74, 6) is -0.265. The van der Waals surface area contributed by atoms with Crippen LogP contribution in [0.5, 0.6) is 0 Å². The van der Waals surface area contributed by atoms with E-state index >= 15 is 0 Å². The summed E-state index contributed by atoms with van der Waals surface area (Å²) in [6.07, 6.45) is 1.55. The van der Waals surface area contributed by atoms with E-state index in [1.54, 1.807) is 6.08 Å². The Morgan fingerprint density at radius 2 is 2.00 bits per heavy atom. The highest BCUT2D eigenvalue weighted by molar-refractivity contribution is 6.19. The third-order valence-corrected chi connectivity index (χ3v) is 1.70. The third kappa shape index (κ3) is 7.53. The summed E-state index contributed by atoms with van der Waals surface area (Å²) in [7, 11) is 0. The molecule has 74 valence electrons. The van der Waals surface area contributed by atoms with Gasteiger partial charge < -0.3 is 4.74 Å². The number of allylic oxidation sites excluding steroid dienone is 1. The molecule has 0 aromatic carbocycles. The minimum Gasteiger partial charge on any atom is -0.461 e. The molecule has 0 rings (SSSR count). The van der Waals surface area contributed by atoms with E-state index in [2.05, 4.69) is 0 Å². The van der Waals surface area contributed by atoms with Gasteiger partial charge in [0, 0.05) is 5.88 Å². The van der Waals surface area contributed by atoms with Gasteiger partial charge in [0.1, 0.15) is 18.8 Å². The van der Waals surface area contributed by atoms with E-state index in [0.29, 0.717) is 5.88 Å². The molecule has 0 atom stereocenters. The fourth-order valence-electron chi connectivity index (χ4n) is 0.586. The van der Waals surface area contributed by atoms with E-state index < -0.39 is 5.97 Å². The highest BCUT2D eigenvalue weighted by atomic mass is 35.5. The molecule has 0 fully saturated rings. The Bertz CT molecular complexity index is 221. The maximum atomic E-state index is 10.8. The molecule has 4 heteroatoms. The number of Topliss-reactive ketones (excluding diaryl/α,β-unsaturated/α-hetero) is 1. The van der Waals surface area contributed by atoms with Crippen LogP contribution in [0, 0.1) is 0 Å². The summed E-state index contributed by atoms with van der Waals surface area (Å²) < 4.78 is 4.73. The Balaban J connectivity index is 3.65. The van der Waals surface area contributed by atoms with Gasteiger partial charge in [0.15, 0.2) is 0 Å². The van der Waals surface area contributed by atoms with Crippen molar-refractivity contribution in [1.29, 1.82) is 0 Å². The predicted octanol–water partition coefficient (Wildman–Crippen LogP) is 1.69. The van der Waals surface area contributed by atoms with E-state index in [-0.39, 0.29) is 18.8 Å². The van der Waals surface area contributed by atoms with Crippen LogP contribution < -0.4 is 0 Å². The van der Waals surface area contributed by atoms with Crippen LogP contribution in [0.2, 0.25) is 0 Å². The topological polar surface area (TPSA) is 43.4 Å². The highest BCUT2D eigenvalue weighted by Gasteiger charge is 2.04. The van der Waals surface area contributed by atoms with Crippen molar-refractivity contribution < 1.29 is 14.3 Å². The minimum absolute atomic E-state index is 0.159. The van der Waals surface area contributed by atoms with Gasteiger partial charge in [0.25, 0.3) is 0 Å². The molecule has 3 nitrogen and oxygen atoms in total. The second-order valence-electron chi connectivity index (χ2n) is 2.75. The lowest BCUT2D eigenvalue weighted by Gasteiger charge is -1.99. The van der Waals surface area contributed by atoms with Crippen LogP contribution in [-0.2, 0) is 14.3 Å². The Labute approximate surface area is 82.7 Å². The van der Waals surface area contributed by atoms with Gasteiger partial charge in [-0.3, -0.25) is 9.59 Å². The van der Waals surface area contributed by atoms with Crippen LogP contribution in [0.4, 0.5) is 0 Å². The van der Waals surface area contributed by atoms with Gasteiger partial charge in [-0.05, 0) is 19.9 Å². The summed E-state index contributed by atoms with van der Waals surface area (Å²) in [6.45, 7) is 3.37. The van der Waals surface area contributed by atoms with E-state index in [1.165, 1.54) is 6.92 Å². The first kappa shape index (κ1) is 12.2. The number of ether oxygens (including phenoxy) is 1. The second-order valence-corrected chi connectivity index (χ2v) is 3.01. The number of carbonyl (C=O) groups is 2. The van der Waals surface area contributed by atoms with Crippen molar-refractivity contribution in [2.24, 2.45) is 0 Å². The lowest BCUT2D eigenvalue weighted by atomic mass is 10.3. The molecule has 0 bridgehead atoms. The Hall–Kier alpha value is -0.830. The van der Waals surface area contributed by atoms with Crippen LogP contribution in [-0.4, -0.2) is 24.2 Å². The standard InChI is InChI=1S/C9H13ClO3/c1-7(6-10)3-4-13-9(12)5-8(2)11/h3H,4-6H2,1-2H3. The molecule has 0 radical (unpaired) electrons. The summed E-state index contributed by atoms with van der Waals surface area (Å²) in [5.41, 5.74) is 0.942. The van der Waals surface area contributed by atoms with Gasteiger partial charge in [0.05, 0.1) is 0 Å². The average Bonchev–Trinajstić information content (AvgIpc) is 2.02. The van der Waals surface area contributed by atoms with Crippen LogP contribution in [0.25, 0.3) is 0 Å². The molecule has 0 aliphatic rings. The number of esters is 1. The first-order valence-electron chi connectivity index (χ1n) is 3.93. The number of hydrogen-bond acceptors (Lipinski definition) is 3. The Morgan fingerprint density at radius 3 is 2.46 bits per heavy atom. The molecule has 0 aliphatic heterocycles. The first-order chi connectivity index (χ1) is 6.06. The number of hydrogen-bond donors (Lipinski definition) is 0. The van der Waals surface area contributed by atoms with Crippen LogP contribution >= 0.6 is 11.6 Å². The second kappa shape index (κ2) is 6.66. The van der Waals surface area contributed by atoms with Crippen molar-refractivity contribution in [3.63, 3.8) is 0 Å². The van der Waals surface area contributed by atoms with Crippen molar-refractivity contribution in [3.05, 3.63) is 11.6 Å². The van der Waals surface area contributed by atoms with Gasteiger partial charge in [0.2, 0.25) is 0 Å². The molecule has 0 spiro atoms. The van der Waals surface area contributed by atoms with Crippen molar-refractivity contribution in [2.75, 3.05) is 12.5 Å². The molecule has 0 aromatic rings. The minimum atomic E-state index is -0.494. The van der Waals surface area contributed by atoms with E-state index in [4.69, 9.17) is 16.3 Å². The number of rotatable bonds is 5. The summed E-state index contributed by atoms with van der Waals surface area (Å²) in [5, 5.41) is 0. The maximum absolute atomic E-state index is 10.8.